The van der Waals surface area contributed by atoms with Gasteiger partial charge in [0, 0.05) is 49.7 Å². The number of furan rings is 2. The quantitative estimate of drug-likeness (QED) is 0.167. The van der Waals surface area contributed by atoms with Crippen molar-refractivity contribution >= 4 is 78.0 Å². The lowest BCUT2D eigenvalue weighted by Gasteiger charge is -2.33. The lowest BCUT2D eigenvalue weighted by atomic mass is 9.81. The molecule has 0 saturated heterocycles. The van der Waals surface area contributed by atoms with Gasteiger partial charge in [0.25, 0.3) is 0 Å². The molecule has 0 bridgehead atoms. The maximum atomic E-state index is 6.55. The van der Waals surface area contributed by atoms with Gasteiger partial charge in [0.2, 0.25) is 0 Å². The molecule has 0 N–H and O–H groups in total. The molecule has 2 aliphatic rings. The SMILES string of the molecule is CC1(C)c2ccccc2-c2cc(N(c3cccc(N(c4ccc5oc6ccccc6c5c4)c4cccc5c4C(C)(C)c4ccccc4-5)c3)c3cccc4oc5ccccc5c34)ccc21. The molecule has 0 amide bonds. The summed E-state index contributed by atoms with van der Waals surface area (Å²) in [7, 11) is 0. The molecule has 0 fully saturated rings. The van der Waals surface area contributed by atoms with E-state index in [1.165, 1.54) is 44.5 Å². The van der Waals surface area contributed by atoms with Crippen LogP contribution in [0.1, 0.15) is 49.9 Å². The first-order chi connectivity index (χ1) is 31.3. The summed E-state index contributed by atoms with van der Waals surface area (Å²) in [6, 6.07) is 70.5. The predicted molar refractivity (Wildman–Crippen MR) is 265 cm³/mol. The molecule has 64 heavy (non-hydrogen) atoms. The summed E-state index contributed by atoms with van der Waals surface area (Å²) in [5.41, 5.74) is 20.0. The summed E-state index contributed by atoms with van der Waals surface area (Å²) in [6.07, 6.45) is 0. The van der Waals surface area contributed by atoms with Crippen molar-refractivity contribution in [3.05, 3.63) is 216 Å². The molecule has 4 heteroatoms. The Kier molecular flexibility index (Phi) is 7.67. The molecule has 11 aromatic rings. The van der Waals surface area contributed by atoms with E-state index in [-0.39, 0.29) is 10.8 Å². The van der Waals surface area contributed by atoms with Crippen LogP contribution in [0.4, 0.5) is 34.1 Å². The number of rotatable bonds is 6. The molecule has 306 valence electrons. The Balaban J connectivity index is 1.07. The lowest BCUT2D eigenvalue weighted by Crippen LogP contribution is -2.21. The van der Waals surface area contributed by atoms with Crippen molar-refractivity contribution in [1.29, 1.82) is 0 Å². The number of anilines is 6. The van der Waals surface area contributed by atoms with Gasteiger partial charge in [-0.1, -0.05) is 143 Å². The van der Waals surface area contributed by atoms with Crippen LogP contribution in [-0.2, 0) is 10.8 Å². The van der Waals surface area contributed by atoms with Gasteiger partial charge < -0.3 is 18.6 Å². The Hall–Kier alpha value is -7.82. The third-order valence-corrected chi connectivity index (χ3v) is 14.2. The second-order valence-corrected chi connectivity index (χ2v) is 18.5. The van der Waals surface area contributed by atoms with E-state index in [2.05, 4.69) is 219 Å². The normalized spacial score (nSPS) is 14.2. The maximum Gasteiger partial charge on any atom is 0.137 e. The van der Waals surface area contributed by atoms with Crippen molar-refractivity contribution in [1.82, 2.24) is 0 Å². The van der Waals surface area contributed by atoms with Crippen LogP contribution in [-0.4, -0.2) is 0 Å². The van der Waals surface area contributed by atoms with Crippen molar-refractivity contribution in [2.24, 2.45) is 0 Å². The first kappa shape index (κ1) is 36.8. The minimum Gasteiger partial charge on any atom is -0.456 e. The molecule has 4 nitrogen and oxygen atoms in total. The van der Waals surface area contributed by atoms with E-state index < -0.39 is 0 Å². The molecular formula is C60H44N2O2. The van der Waals surface area contributed by atoms with Crippen LogP contribution in [0, 0.1) is 0 Å². The summed E-state index contributed by atoms with van der Waals surface area (Å²) in [5.74, 6) is 0. The van der Waals surface area contributed by atoms with Gasteiger partial charge in [0.15, 0.2) is 0 Å². The van der Waals surface area contributed by atoms with E-state index in [4.69, 9.17) is 8.83 Å². The summed E-state index contributed by atoms with van der Waals surface area (Å²) < 4.78 is 12.9. The van der Waals surface area contributed by atoms with E-state index >= 15 is 0 Å². The second kappa shape index (κ2) is 13.3. The highest BCUT2D eigenvalue weighted by Crippen LogP contribution is 2.56. The van der Waals surface area contributed by atoms with Crippen molar-refractivity contribution in [3.8, 4) is 22.3 Å². The zero-order valence-corrected chi connectivity index (χ0v) is 36.2. The molecule has 0 saturated carbocycles. The summed E-state index contributed by atoms with van der Waals surface area (Å²) >= 11 is 0. The summed E-state index contributed by atoms with van der Waals surface area (Å²) in [4.78, 5) is 4.90. The van der Waals surface area contributed by atoms with Crippen LogP contribution in [0.5, 0.6) is 0 Å². The number of nitrogens with zero attached hydrogens (tertiary/aromatic N) is 2. The molecule has 2 aliphatic carbocycles. The molecule has 0 unspecified atom stereocenters. The van der Waals surface area contributed by atoms with E-state index in [9.17, 15) is 0 Å². The Bertz CT molecular complexity index is 3710. The molecule has 0 spiro atoms. The third kappa shape index (κ3) is 5.17. The number of hydrogen-bond acceptors (Lipinski definition) is 4. The molecule has 2 aromatic heterocycles. The fourth-order valence-corrected chi connectivity index (χ4v) is 11.3. The van der Waals surface area contributed by atoms with Gasteiger partial charge in [0.1, 0.15) is 22.3 Å². The van der Waals surface area contributed by atoms with Gasteiger partial charge in [-0.25, -0.2) is 0 Å². The van der Waals surface area contributed by atoms with Crippen LogP contribution in [0.25, 0.3) is 66.1 Å². The standard InChI is InChI=1S/C60H44N2O2/c1-59(2)48-23-9-6-19-42(48)46-35-39(30-32-50(46)59)61(51-25-15-29-56-57(51)45-21-8-12-28-54(45)64-56)37-16-13-17-38(34-37)62(40-31-33-55-47(36-40)43-20-7-11-27-53(43)63-55)52-26-14-22-44-41-18-5-10-24-49(41)60(3,4)58(44)52/h5-36H,1-4H3. The second-order valence-electron chi connectivity index (χ2n) is 18.5. The molecular weight excluding hydrogens is 781 g/mol. The minimum atomic E-state index is -0.247. The number of hydrogen-bond donors (Lipinski definition) is 0. The van der Waals surface area contributed by atoms with Crippen LogP contribution < -0.4 is 9.80 Å². The highest BCUT2D eigenvalue weighted by Gasteiger charge is 2.39. The van der Waals surface area contributed by atoms with Gasteiger partial charge in [-0.3, -0.25) is 0 Å². The van der Waals surface area contributed by atoms with E-state index in [1.54, 1.807) is 0 Å². The largest absolute Gasteiger partial charge is 0.456 e. The molecule has 2 heterocycles. The highest BCUT2D eigenvalue weighted by atomic mass is 16.3. The smallest absolute Gasteiger partial charge is 0.137 e. The zero-order chi connectivity index (χ0) is 42.9. The number of fused-ring (bicyclic) bond motifs is 12. The number of benzene rings is 9. The Morgan fingerprint density at radius 3 is 1.62 bits per heavy atom. The molecule has 0 radical (unpaired) electrons. The van der Waals surface area contributed by atoms with E-state index in [0.29, 0.717) is 0 Å². The molecule has 9 aromatic carbocycles. The van der Waals surface area contributed by atoms with Crippen molar-refractivity contribution in [2.75, 3.05) is 9.80 Å². The molecule has 0 atom stereocenters. The lowest BCUT2D eigenvalue weighted by molar-refractivity contribution is 0.660. The zero-order valence-electron chi connectivity index (χ0n) is 36.2. The average molecular weight is 825 g/mol. The fraction of sp³-hybridized carbons (Fsp3) is 0.100. The summed E-state index contributed by atoms with van der Waals surface area (Å²) in [5, 5.41) is 4.36. The number of para-hydroxylation sites is 2. The maximum absolute atomic E-state index is 6.55. The average Bonchev–Trinajstić information content (AvgIpc) is 4.02. The predicted octanol–water partition coefficient (Wildman–Crippen LogP) is 17.0. The van der Waals surface area contributed by atoms with E-state index in [1.807, 2.05) is 12.1 Å². The Morgan fingerprint density at radius 2 is 0.828 bits per heavy atom. The van der Waals surface area contributed by atoms with Crippen LogP contribution in [0.15, 0.2) is 203 Å². The van der Waals surface area contributed by atoms with Gasteiger partial charge in [-0.2, -0.15) is 0 Å². The minimum absolute atomic E-state index is 0.110. The first-order valence-electron chi connectivity index (χ1n) is 22.3. The van der Waals surface area contributed by atoms with Crippen molar-refractivity contribution in [2.45, 2.75) is 38.5 Å². The summed E-state index contributed by atoms with van der Waals surface area (Å²) in [6.45, 7) is 9.42. The Labute approximate surface area is 372 Å². The van der Waals surface area contributed by atoms with Gasteiger partial charge >= 0.3 is 0 Å². The van der Waals surface area contributed by atoms with Gasteiger partial charge in [0.05, 0.1) is 16.8 Å². The van der Waals surface area contributed by atoms with Crippen LogP contribution in [0.3, 0.4) is 0 Å². The fourth-order valence-electron chi connectivity index (χ4n) is 11.3. The first-order valence-corrected chi connectivity index (χ1v) is 22.3. The van der Waals surface area contributed by atoms with Crippen LogP contribution in [0.2, 0.25) is 0 Å². The topological polar surface area (TPSA) is 32.8 Å². The Morgan fingerprint density at radius 1 is 0.328 bits per heavy atom. The van der Waals surface area contributed by atoms with Crippen molar-refractivity contribution < 1.29 is 8.83 Å². The van der Waals surface area contributed by atoms with Crippen LogP contribution >= 0.6 is 0 Å². The highest BCUT2D eigenvalue weighted by molar-refractivity contribution is 6.14. The van der Waals surface area contributed by atoms with E-state index in [0.717, 1.165) is 78.0 Å². The van der Waals surface area contributed by atoms with Gasteiger partial charge in [-0.05, 0) is 123 Å². The third-order valence-electron chi connectivity index (χ3n) is 14.2. The van der Waals surface area contributed by atoms with Gasteiger partial charge in [-0.15, -0.1) is 0 Å². The molecule has 0 aliphatic heterocycles. The molecule has 13 rings (SSSR count). The monoisotopic (exact) mass is 824 g/mol. The van der Waals surface area contributed by atoms with Crippen molar-refractivity contribution in [3.63, 3.8) is 0 Å².